The smallest absolute Gasteiger partial charge is 0.158 e. The highest BCUT2D eigenvalue weighted by atomic mass is 32.2. The molecule has 0 aromatic rings. The fraction of sp³-hybridized carbons (Fsp3) is 0.933. The maximum absolute atomic E-state index is 13.0. The molecule has 104 valence electrons. The molecule has 0 N–H and O–H groups in total. The third-order valence-electron chi connectivity index (χ3n) is 7.10. The van der Waals surface area contributed by atoms with E-state index in [1.54, 1.807) is 0 Å². The zero-order chi connectivity index (χ0) is 12.9. The van der Waals surface area contributed by atoms with Gasteiger partial charge in [0.2, 0.25) is 0 Å². The Morgan fingerprint density at radius 3 is 1.63 bits per heavy atom. The molecule has 4 saturated carbocycles. The summed E-state index contributed by atoms with van der Waals surface area (Å²) in [7, 11) is -3.05. The Labute approximate surface area is 114 Å². The molecule has 4 heteroatoms. The molecule has 0 unspecified atom stereocenters. The highest BCUT2D eigenvalue weighted by Crippen LogP contribution is 2.62. The molecule has 3 nitrogen and oxygen atoms in total. The molecule has 19 heavy (non-hydrogen) atoms. The topological polar surface area (TPSA) is 51.2 Å². The van der Waals surface area contributed by atoms with Crippen LogP contribution in [0.2, 0.25) is 0 Å². The third kappa shape index (κ3) is 1.13. The molecule has 8 atom stereocenters. The summed E-state index contributed by atoms with van der Waals surface area (Å²) in [5.74, 6) is 1.57. The summed E-state index contributed by atoms with van der Waals surface area (Å²) in [5, 5.41) is -0.557. The van der Waals surface area contributed by atoms with E-state index < -0.39 is 9.84 Å². The van der Waals surface area contributed by atoms with Crippen LogP contribution in [-0.4, -0.2) is 24.7 Å². The lowest BCUT2D eigenvalue weighted by atomic mass is 9.74. The van der Waals surface area contributed by atoms with E-state index in [9.17, 15) is 13.2 Å². The van der Waals surface area contributed by atoms with Gasteiger partial charge in [-0.2, -0.15) is 0 Å². The minimum atomic E-state index is -3.05. The Morgan fingerprint density at radius 1 is 0.737 bits per heavy atom. The van der Waals surface area contributed by atoms with Gasteiger partial charge >= 0.3 is 0 Å². The van der Waals surface area contributed by atoms with Gasteiger partial charge in [-0.1, -0.05) is 0 Å². The molecule has 5 rings (SSSR count). The minimum Gasteiger partial charge on any atom is -0.299 e. The van der Waals surface area contributed by atoms with E-state index in [0.29, 0.717) is 29.5 Å². The number of ketones is 1. The van der Waals surface area contributed by atoms with Gasteiger partial charge in [0, 0.05) is 11.8 Å². The average molecular weight is 280 g/mol. The van der Waals surface area contributed by atoms with Gasteiger partial charge in [0.25, 0.3) is 0 Å². The molecular weight excluding hydrogens is 260 g/mol. The van der Waals surface area contributed by atoms with E-state index in [0.717, 1.165) is 38.5 Å². The van der Waals surface area contributed by atoms with E-state index in [2.05, 4.69) is 0 Å². The number of hydrogen-bond donors (Lipinski definition) is 0. The van der Waals surface area contributed by atoms with Gasteiger partial charge in [-0.3, -0.25) is 4.79 Å². The van der Waals surface area contributed by atoms with Gasteiger partial charge in [0.1, 0.15) is 5.78 Å². The Hall–Kier alpha value is -0.380. The van der Waals surface area contributed by atoms with Crippen LogP contribution in [-0.2, 0) is 14.6 Å². The van der Waals surface area contributed by atoms with E-state index >= 15 is 0 Å². The van der Waals surface area contributed by atoms with Crippen LogP contribution >= 0.6 is 0 Å². The van der Waals surface area contributed by atoms with E-state index in [4.69, 9.17) is 0 Å². The van der Waals surface area contributed by atoms with Crippen molar-refractivity contribution < 1.29 is 13.2 Å². The van der Waals surface area contributed by atoms with Crippen molar-refractivity contribution in [1.82, 2.24) is 0 Å². The second-order valence-electron chi connectivity index (χ2n) is 7.64. The van der Waals surface area contributed by atoms with Gasteiger partial charge in [0.15, 0.2) is 9.84 Å². The van der Waals surface area contributed by atoms with Crippen LogP contribution in [0.5, 0.6) is 0 Å². The average Bonchev–Trinajstić information content (AvgIpc) is 3.11. The number of hydrogen-bond acceptors (Lipinski definition) is 3. The first-order chi connectivity index (χ1) is 9.09. The molecule has 5 aliphatic rings. The summed E-state index contributed by atoms with van der Waals surface area (Å²) in [6.07, 6.45) is 6.30. The van der Waals surface area contributed by atoms with Crippen LogP contribution in [0, 0.1) is 35.5 Å². The van der Waals surface area contributed by atoms with Crippen LogP contribution in [0.15, 0.2) is 0 Å². The molecule has 0 spiro atoms. The summed E-state index contributed by atoms with van der Waals surface area (Å²) in [4.78, 5) is 12.9. The number of carbonyl (C=O) groups is 1. The van der Waals surface area contributed by atoms with Crippen LogP contribution < -0.4 is 0 Å². The second-order valence-corrected chi connectivity index (χ2v) is 9.91. The molecule has 4 aliphatic carbocycles. The molecule has 0 radical (unpaired) electrons. The van der Waals surface area contributed by atoms with Gasteiger partial charge in [-0.15, -0.1) is 0 Å². The van der Waals surface area contributed by atoms with Crippen molar-refractivity contribution >= 4 is 15.6 Å². The molecule has 1 saturated heterocycles. The first-order valence-electron chi connectivity index (χ1n) is 7.85. The van der Waals surface area contributed by atoms with Crippen molar-refractivity contribution in [3.05, 3.63) is 0 Å². The lowest BCUT2D eigenvalue weighted by Gasteiger charge is -2.43. The molecule has 4 bridgehead atoms. The zero-order valence-electron chi connectivity index (χ0n) is 11.0. The maximum Gasteiger partial charge on any atom is 0.158 e. The Bertz CT molecular complexity index is 524. The Kier molecular flexibility index (Phi) is 1.94. The summed E-state index contributed by atoms with van der Waals surface area (Å²) < 4.78 is 26.1. The van der Waals surface area contributed by atoms with Crippen LogP contribution in [0.4, 0.5) is 0 Å². The zero-order valence-corrected chi connectivity index (χ0v) is 11.8. The first kappa shape index (κ1) is 11.3. The normalized spacial score (nSPS) is 60.3. The number of rotatable bonds is 0. The predicted molar refractivity (Wildman–Crippen MR) is 70.1 cm³/mol. The van der Waals surface area contributed by atoms with Crippen molar-refractivity contribution in [3.63, 3.8) is 0 Å². The summed E-state index contributed by atoms with van der Waals surface area (Å²) >= 11 is 0. The lowest BCUT2D eigenvalue weighted by molar-refractivity contribution is -0.130. The highest BCUT2D eigenvalue weighted by molar-refractivity contribution is 7.92. The number of carbonyl (C=O) groups excluding carboxylic acids is 1. The van der Waals surface area contributed by atoms with Gasteiger partial charge < -0.3 is 0 Å². The molecular formula is C15H20O3S. The first-order valence-corrected chi connectivity index (χ1v) is 9.46. The van der Waals surface area contributed by atoms with E-state index in [1.165, 1.54) is 0 Å². The summed E-state index contributed by atoms with van der Waals surface area (Å²) in [5.41, 5.74) is 0. The quantitative estimate of drug-likeness (QED) is 0.680. The largest absolute Gasteiger partial charge is 0.299 e. The Morgan fingerprint density at radius 2 is 1.16 bits per heavy atom. The molecule has 5 fully saturated rings. The van der Waals surface area contributed by atoms with Gasteiger partial charge in [0.05, 0.1) is 10.5 Å². The molecule has 0 aromatic carbocycles. The second kappa shape index (κ2) is 3.26. The van der Waals surface area contributed by atoms with Crippen LogP contribution in [0.3, 0.4) is 0 Å². The van der Waals surface area contributed by atoms with Crippen LogP contribution in [0.1, 0.15) is 38.5 Å². The monoisotopic (exact) mass is 280 g/mol. The number of Topliss-reactive ketones (excluding diaryl/α,β-unsaturated/α-hetero) is 1. The highest BCUT2D eigenvalue weighted by Gasteiger charge is 2.68. The molecule has 0 amide bonds. The molecule has 1 aliphatic heterocycles. The number of fused-ring (bicyclic) bond motifs is 10. The van der Waals surface area contributed by atoms with Gasteiger partial charge in [-0.25, -0.2) is 8.42 Å². The summed E-state index contributed by atoms with van der Waals surface area (Å²) in [6.45, 7) is 0. The third-order valence-corrected chi connectivity index (χ3v) is 9.97. The van der Waals surface area contributed by atoms with E-state index in [-0.39, 0.29) is 22.3 Å². The SMILES string of the molecule is O=C1[C@@H]2[C@H]3CC[C@H](C3)[C@H]2S(=O)(=O)[C@@H]2[C@@H]3CC[C@@H](C3)[C@H]12. The number of sulfone groups is 1. The summed E-state index contributed by atoms with van der Waals surface area (Å²) in [6, 6.07) is 0. The molecule has 0 aromatic heterocycles. The fourth-order valence-electron chi connectivity index (χ4n) is 6.61. The fourth-order valence-corrected chi connectivity index (χ4v) is 10.1. The van der Waals surface area contributed by atoms with Crippen LogP contribution in [0.25, 0.3) is 0 Å². The predicted octanol–water partition coefficient (Wildman–Crippen LogP) is 1.81. The van der Waals surface area contributed by atoms with Crippen molar-refractivity contribution in [3.8, 4) is 0 Å². The van der Waals surface area contributed by atoms with E-state index in [1.807, 2.05) is 0 Å². The van der Waals surface area contributed by atoms with Crippen molar-refractivity contribution in [2.75, 3.05) is 0 Å². The Balaban J connectivity index is 1.68. The van der Waals surface area contributed by atoms with Crippen molar-refractivity contribution in [1.29, 1.82) is 0 Å². The van der Waals surface area contributed by atoms with Gasteiger partial charge in [-0.05, 0) is 62.2 Å². The van der Waals surface area contributed by atoms with Crippen molar-refractivity contribution in [2.24, 2.45) is 35.5 Å². The van der Waals surface area contributed by atoms with Crippen molar-refractivity contribution in [2.45, 2.75) is 49.0 Å². The standard InChI is InChI=1S/C15H20O3S/c16-13-11-7-1-3-9(5-7)14(11)19(17,18)15-10-4-2-8(6-10)12(13)15/h7-12,14-15H,1-6H2/t7-,8-,9+,10+,11-,12+,14+,15+/m0/s1. The maximum atomic E-state index is 13.0. The molecule has 1 heterocycles. The lowest BCUT2D eigenvalue weighted by Crippen LogP contribution is -2.56. The minimum absolute atomic E-state index is 0.107.